The number of halogens is 1. The molecule has 0 heterocycles. The average Bonchev–Trinajstić information content (AvgIpc) is 2.76. The van der Waals surface area contributed by atoms with Crippen molar-refractivity contribution in [1.29, 1.82) is 0 Å². The van der Waals surface area contributed by atoms with Crippen LogP contribution < -0.4 is 0 Å². The second-order valence-electron chi connectivity index (χ2n) is 8.23. The van der Waals surface area contributed by atoms with E-state index in [-0.39, 0.29) is 5.92 Å². The molecule has 1 aromatic rings. The molecule has 0 N–H and O–H groups in total. The topological polar surface area (TPSA) is 27.7 Å². The van der Waals surface area contributed by atoms with E-state index in [0.717, 1.165) is 37.1 Å². The number of hydrogen-bond donors (Lipinski definition) is 0. The summed E-state index contributed by atoms with van der Waals surface area (Å²) in [5.41, 5.74) is 1.25. The maximum atomic E-state index is 6.37. The molecule has 0 aliphatic rings. The van der Waals surface area contributed by atoms with E-state index in [4.69, 9.17) is 25.8 Å². The smallest absolute Gasteiger partial charge is 0.286 e. The van der Waals surface area contributed by atoms with Crippen molar-refractivity contribution < 1.29 is 14.2 Å². The monoisotopic (exact) mass is 440 g/mol. The first-order chi connectivity index (χ1) is 14.6. The lowest BCUT2D eigenvalue weighted by Gasteiger charge is -2.40. The normalized spacial score (nSPS) is 13.0. The van der Waals surface area contributed by atoms with Gasteiger partial charge in [-0.3, -0.25) is 0 Å². The molecule has 1 aromatic carbocycles. The Hall–Kier alpha value is -0.610. The number of benzene rings is 1. The Morgan fingerprint density at radius 3 is 1.70 bits per heavy atom. The van der Waals surface area contributed by atoms with E-state index in [9.17, 15) is 0 Å². The zero-order chi connectivity index (χ0) is 22.1. The minimum Gasteiger partial charge on any atom is -0.327 e. The van der Waals surface area contributed by atoms with Gasteiger partial charge in [0.1, 0.15) is 0 Å². The van der Waals surface area contributed by atoms with E-state index in [1.54, 1.807) is 0 Å². The summed E-state index contributed by atoms with van der Waals surface area (Å²) in [5, 5.41) is 0.768. The molecule has 0 fully saturated rings. The quantitative estimate of drug-likeness (QED) is 0.160. The zero-order valence-electron chi connectivity index (χ0n) is 19.9. The molecule has 4 heteroatoms. The van der Waals surface area contributed by atoms with Crippen molar-refractivity contribution in [3.05, 3.63) is 34.9 Å². The first-order valence-electron chi connectivity index (χ1n) is 12.3. The molecule has 0 saturated heterocycles. The van der Waals surface area contributed by atoms with Crippen molar-refractivity contribution in [3.63, 3.8) is 0 Å². The molecule has 0 radical (unpaired) electrons. The first-order valence-corrected chi connectivity index (χ1v) is 12.7. The second kappa shape index (κ2) is 17.0. The van der Waals surface area contributed by atoms with Crippen molar-refractivity contribution in [2.45, 2.75) is 104 Å². The van der Waals surface area contributed by atoms with Gasteiger partial charge in [-0.1, -0.05) is 90.0 Å². The molecule has 3 nitrogen and oxygen atoms in total. The Bertz CT molecular complexity index is 496. The summed E-state index contributed by atoms with van der Waals surface area (Å²) in [4.78, 5) is 0. The highest BCUT2D eigenvalue weighted by molar-refractivity contribution is 6.30. The van der Waals surface area contributed by atoms with E-state index in [1.807, 2.05) is 12.1 Å². The van der Waals surface area contributed by atoms with E-state index in [2.05, 4.69) is 39.8 Å². The van der Waals surface area contributed by atoms with E-state index in [1.165, 1.54) is 44.1 Å². The first kappa shape index (κ1) is 27.4. The number of ether oxygens (including phenoxy) is 3. The molecule has 1 rings (SSSR count). The highest BCUT2D eigenvalue weighted by Gasteiger charge is 2.42. The highest BCUT2D eigenvalue weighted by atomic mass is 35.5. The summed E-state index contributed by atoms with van der Waals surface area (Å²) in [5.74, 6) is -0.819. The van der Waals surface area contributed by atoms with Crippen LogP contribution in [0.1, 0.15) is 97.5 Å². The zero-order valence-corrected chi connectivity index (χ0v) is 20.6. The van der Waals surface area contributed by atoms with Gasteiger partial charge >= 0.3 is 0 Å². The van der Waals surface area contributed by atoms with Gasteiger partial charge < -0.3 is 14.2 Å². The van der Waals surface area contributed by atoms with Crippen LogP contribution in [0.25, 0.3) is 0 Å². The number of unbranched alkanes of at least 4 members (excludes halogenated alkanes) is 5. The molecule has 0 amide bonds. The summed E-state index contributed by atoms with van der Waals surface area (Å²) < 4.78 is 19.1. The van der Waals surface area contributed by atoms with Crippen LogP contribution in [0.2, 0.25) is 5.02 Å². The van der Waals surface area contributed by atoms with Gasteiger partial charge in [0.25, 0.3) is 5.97 Å². The third-order valence-corrected chi connectivity index (χ3v) is 5.58. The van der Waals surface area contributed by atoms with Crippen LogP contribution in [0.4, 0.5) is 0 Å². The second-order valence-corrected chi connectivity index (χ2v) is 8.67. The third-order valence-electron chi connectivity index (χ3n) is 5.32. The lowest BCUT2D eigenvalue weighted by molar-refractivity contribution is -0.406. The Balaban J connectivity index is 3.01. The molecular weight excluding hydrogens is 396 g/mol. The number of rotatable bonds is 19. The number of hydrogen-bond acceptors (Lipinski definition) is 3. The fraction of sp³-hybridized carbons (Fsp3) is 0.769. The van der Waals surface area contributed by atoms with Gasteiger partial charge in [0.2, 0.25) is 0 Å². The minimum absolute atomic E-state index is 0.148. The summed E-state index contributed by atoms with van der Waals surface area (Å²) in [7, 11) is 0. The highest BCUT2D eigenvalue weighted by Crippen LogP contribution is 2.34. The largest absolute Gasteiger partial charge is 0.327 e. The predicted octanol–water partition coefficient (Wildman–Crippen LogP) is 8.18. The van der Waals surface area contributed by atoms with E-state index >= 15 is 0 Å². The summed E-state index contributed by atoms with van der Waals surface area (Å²) >= 11 is 6.11. The fourth-order valence-electron chi connectivity index (χ4n) is 3.69. The van der Waals surface area contributed by atoms with Gasteiger partial charge in [-0.2, -0.15) is 0 Å². The van der Waals surface area contributed by atoms with Crippen LogP contribution in [-0.4, -0.2) is 25.8 Å². The molecule has 0 aliphatic carbocycles. The van der Waals surface area contributed by atoms with Crippen molar-refractivity contribution in [3.8, 4) is 0 Å². The molecule has 174 valence electrons. The van der Waals surface area contributed by atoms with Crippen LogP contribution in [-0.2, 0) is 20.6 Å². The summed E-state index contributed by atoms with van der Waals surface area (Å²) in [6, 6.07) is 8.15. The van der Waals surface area contributed by atoms with Gasteiger partial charge in [-0.15, -0.1) is 0 Å². The Morgan fingerprint density at radius 2 is 1.20 bits per heavy atom. The van der Waals surface area contributed by atoms with Crippen molar-refractivity contribution >= 4 is 11.6 Å². The van der Waals surface area contributed by atoms with E-state index < -0.39 is 5.97 Å². The average molecular weight is 441 g/mol. The van der Waals surface area contributed by atoms with Crippen molar-refractivity contribution in [2.24, 2.45) is 5.92 Å². The van der Waals surface area contributed by atoms with E-state index in [0.29, 0.717) is 19.8 Å². The van der Waals surface area contributed by atoms with Crippen LogP contribution in [0.3, 0.4) is 0 Å². The molecule has 0 spiro atoms. The van der Waals surface area contributed by atoms with Crippen LogP contribution >= 0.6 is 11.6 Å². The van der Waals surface area contributed by atoms with Crippen LogP contribution in [0.15, 0.2) is 24.3 Å². The maximum absolute atomic E-state index is 6.37. The minimum atomic E-state index is -0.967. The lowest BCUT2D eigenvalue weighted by atomic mass is 9.90. The molecule has 1 unspecified atom stereocenters. The fourth-order valence-corrected chi connectivity index (χ4v) is 3.82. The van der Waals surface area contributed by atoms with Gasteiger partial charge in [0.05, 0.1) is 19.8 Å². The Kier molecular flexibility index (Phi) is 15.5. The SMILES string of the molecule is CCCCCCCCC(Cc1ccc(Cl)cc1)C(OCCC)(OCCC)OCCC. The molecule has 30 heavy (non-hydrogen) atoms. The Morgan fingerprint density at radius 1 is 0.700 bits per heavy atom. The molecule has 0 bridgehead atoms. The lowest BCUT2D eigenvalue weighted by Crippen LogP contribution is -2.48. The van der Waals surface area contributed by atoms with Crippen molar-refractivity contribution in [2.75, 3.05) is 19.8 Å². The Labute approximate surface area is 190 Å². The summed E-state index contributed by atoms with van der Waals surface area (Å²) in [6.45, 7) is 10.6. The molecule has 0 aromatic heterocycles. The maximum Gasteiger partial charge on any atom is 0.286 e. The summed E-state index contributed by atoms with van der Waals surface area (Å²) in [6.07, 6.45) is 12.4. The predicted molar refractivity (Wildman–Crippen MR) is 128 cm³/mol. The standard InChI is InChI=1S/C26H45ClO3/c1-5-9-10-11-12-13-14-24(22-23-15-17-25(27)18-16-23)26(28-19-6-2,29-20-7-3)30-21-8-4/h15-18,24H,5-14,19-22H2,1-4H3. The van der Waals surface area contributed by atoms with Gasteiger partial charge in [0, 0.05) is 10.9 Å². The van der Waals surface area contributed by atoms with Gasteiger partial charge in [-0.05, 0) is 49.8 Å². The molecule has 0 saturated carbocycles. The van der Waals surface area contributed by atoms with Crippen LogP contribution in [0, 0.1) is 5.92 Å². The van der Waals surface area contributed by atoms with Gasteiger partial charge in [-0.25, -0.2) is 0 Å². The molecule has 0 aliphatic heterocycles. The van der Waals surface area contributed by atoms with Gasteiger partial charge in [0.15, 0.2) is 0 Å². The van der Waals surface area contributed by atoms with Crippen LogP contribution in [0.5, 0.6) is 0 Å². The molecular formula is C26H45ClO3. The third kappa shape index (κ3) is 10.6. The molecule has 1 atom stereocenters. The van der Waals surface area contributed by atoms with Crippen molar-refractivity contribution in [1.82, 2.24) is 0 Å².